The van der Waals surface area contributed by atoms with Crippen LogP contribution in [0.5, 0.6) is 0 Å². The number of hydrogen-bond donors (Lipinski definition) is 2. The van der Waals surface area contributed by atoms with Crippen molar-refractivity contribution >= 4 is 5.91 Å². The molecule has 0 aromatic heterocycles. The molecule has 1 atom stereocenters. The number of carbonyl (C=O) groups is 1. The van der Waals surface area contributed by atoms with Gasteiger partial charge in [0.2, 0.25) is 5.91 Å². The summed E-state index contributed by atoms with van der Waals surface area (Å²) in [4.78, 5) is 14.3. The summed E-state index contributed by atoms with van der Waals surface area (Å²) >= 11 is 0. The number of hydrogen-bond acceptors (Lipinski definition) is 3. The summed E-state index contributed by atoms with van der Waals surface area (Å²) in [7, 11) is 0. The van der Waals surface area contributed by atoms with Gasteiger partial charge in [0.25, 0.3) is 0 Å². The van der Waals surface area contributed by atoms with Crippen LogP contribution in [0.15, 0.2) is 0 Å². The molecule has 116 valence electrons. The molecule has 2 saturated heterocycles. The molecule has 0 spiro atoms. The Morgan fingerprint density at radius 3 is 2.70 bits per heavy atom. The summed E-state index contributed by atoms with van der Waals surface area (Å²) in [5.74, 6) is 1.82. The fourth-order valence-electron chi connectivity index (χ4n) is 3.36. The predicted octanol–water partition coefficient (Wildman–Crippen LogP) is 1.47. The third-order valence-electron chi connectivity index (χ3n) is 4.67. The van der Waals surface area contributed by atoms with Crippen molar-refractivity contribution < 1.29 is 4.79 Å². The minimum Gasteiger partial charge on any atom is -0.356 e. The van der Waals surface area contributed by atoms with E-state index >= 15 is 0 Å². The summed E-state index contributed by atoms with van der Waals surface area (Å²) in [6.45, 7) is 10.8. The second-order valence-electron chi connectivity index (χ2n) is 6.86. The molecule has 0 aromatic carbocycles. The van der Waals surface area contributed by atoms with Gasteiger partial charge >= 0.3 is 0 Å². The highest BCUT2D eigenvalue weighted by Crippen LogP contribution is 2.20. The van der Waals surface area contributed by atoms with Crippen LogP contribution in [-0.4, -0.2) is 50.1 Å². The van der Waals surface area contributed by atoms with E-state index in [1.807, 2.05) is 13.8 Å². The first kappa shape index (κ1) is 15.8. The van der Waals surface area contributed by atoms with Gasteiger partial charge in [0, 0.05) is 25.6 Å². The van der Waals surface area contributed by atoms with Gasteiger partial charge in [-0.05, 0) is 57.2 Å². The van der Waals surface area contributed by atoms with Crippen molar-refractivity contribution in [1.29, 1.82) is 0 Å². The quantitative estimate of drug-likeness (QED) is 0.802. The zero-order valence-corrected chi connectivity index (χ0v) is 13.2. The third kappa shape index (κ3) is 5.06. The Hall–Kier alpha value is -0.610. The minimum absolute atomic E-state index is 0.101. The molecule has 1 amide bonds. The fraction of sp³-hybridized carbons (Fsp3) is 0.938. The van der Waals surface area contributed by atoms with Crippen LogP contribution in [0, 0.1) is 17.8 Å². The van der Waals surface area contributed by atoms with E-state index in [0.29, 0.717) is 5.92 Å². The van der Waals surface area contributed by atoms with E-state index in [0.717, 1.165) is 12.5 Å². The van der Waals surface area contributed by atoms with Gasteiger partial charge in [-0.25, -0.2) is 0 Å². The van der Waals surface area contributed by atoms with E-state index in [9.17, 15) is 4.79 Å². The van der Waals surface area contributed by atoms with Gasteiger partial charge in [0.1, 0.15) is 0 Å². The lowest BCUT2D eigenvalue weighted by Gasteiger charge is -2.36. The monoisotopic (exact) mass is 281 g/mol. The molecule has 2 N–H and O–H groups in total. The van der Waals surface area contributed by atoms with E-state index in [1.54, 1.807) is 0 Å². The molecular weight excluding hydrogens is 250 g/mol. The standard InChI is InChI=1S/C16H31N3O/c1-13(2)16(20)18-10-15-4-3-9-19(12-15)11-14-5-7-17-8-6-14/h13-15,17H,3-12H2,1-2H3,(H,18,20). The van der Waals surface area contributed by atoms with Crippen molar-refractivity contribution in [2.75, 3.05) is 39.3 Å². The molecule has 0 radical (unpaired) electrons. The van der Waals surface area contributed by atoms with Crippen LogP contribution in [0.1, 0.15) is 39.5 Å². The van der Waals surface area contributed by atoms with E-state index in [-0.39, 0.29) is 11.8 Å². The molecule has 0 aromatic rings. The Morgan fingerprint density at radius 2 is 2.00 bits per heavy atom. The Morgan fingerprint density at radius 1 is 1.25 bits per heavy atom. The number of rotatable bonds is 5. The maximum Gasteiger partial charge on any atom is 0.222 e. The topological polar surface area (TPSA) is 44.4 Å². The van der Waals surface area contributed by atoms with Crippen LogP contribution in [-0.2, 0) is 4.79 Å². The highest BCUT2D eigenvalue weighted by Gasteiger charge is 2.23. The third-order valence-corrected chi connectivity index (χ3v) is 4.67. The first-order chi connectivity index (χ1) is 9.65. The average Bonchev–Trinajstić information content (AvgIpc) is 2.46. The molecule has 2 aliphatic rings. The van der Waals surface area contributed by atoms with Gasteiger partial charge in [0.15, 0.2) is 0 Å². The molecule has 2 rings (SSSR count). The lowest BCUT2D eigenvalue weighted by molar-refractivity contribution is -0.124. The van der Waals surface area contributed by atoms with E-state index in [1.165, 1.54) is 58.4 Å². The van der Waals surface area contributed by atoms with E-state index in [2.05, 4.69) is 15.5 Å². The Labute approximate surface area is 123 Å². The highest BCUT2D eigenvalue weighted by atomic mass is 16.1. The maximum absolute atomic E-state index is 11.7. The van der Waals surface area contributed by atoms with Crippen LogP contribution in [0.25, 0.3) is 0 Å². The normalized spacial score (nSPS) is 25.9. The average molecular weight is 281 g/mol. The first-order valence-electron chi connectivity index (χ1n) is 8.36. The van der Waals surface area contributed by atoms with Crippen molar-refractivity contribution in [1.82, 2.24) is 15.5 Å². The molecule has 2 aliphatic heterocycles. The van der Waals surface area contributed by atoms with Crippen molar-refractivity contribution in [2.24, 2.45) is 17.8 Å². The van der Waals surface area contributed by atoms with Crippen LogP contribution < -0.4 is 10.6 Å². The molecule has 0 saturated carbocycles. The highest BCUT2D eigenvalue weighted by molar-refractivity contribution is 5.77. The first-order valence-corrected chi connectivity index (χ1v) is 8.36. The van der Waals surface area contributed by atoms with E-state index in [4.69, 9.17) is 0 Å². The number of likely N-dealkylation sites (tertiary alicyclic amines) is 1. The number of amides is 1. The second-order valence-corrected chi connectivity index (χ2v) is 6.86. The van der Waals surface area contributed by atoms with Crippen molar-refractivity contribution in [3.63, 3.8) is 0 Å². The molecule has 4 nitrogen and oxygen atoms in total. The van der Waals surface area contributed by atoms with Gasteiger partial charge in [-0.15, -0.1) is 0 Å². The maximum atomic E-state index is 11.7. The summed E-state index contributed by atoms with van der Waals surface area (Å²) in [5, 5.41) is 6.54. The summed E-state index contributed by atoms with van der Waals surface area (Å²) in [5.41, 5.74) is 0. The molecule has 2 heterocycles. The van der Waals surface area contributed by atoms with Crippen LogP contribution in [0.3, 0.4) is 0 Å². The Bertz CT molecular complexity index is 300. The largest absolute Gasteiger partial charge is 0.356 e. The van der Waals surface area contributed by atoms with Crippen LogP contribution in [0.4, 0.5) is 0 Å². The van der Waals surface area contributed by atoms with E-state index < -0.39 is 0 Å². The smallest absolute Gasteiger partial charge is 0.222 e. The summed E-state index contributed by atoms with van der Waals surface area (Å²) in [6, 6.07) is 0. The van der Waals surface area contributed by atoms with Crippen molar-refractivity contribution in [3.05, 3.63) is 0 Å². The minimum atomic E-state index is 0.101. The number of carbonyl (C=O) groups excluding carboxylic acids is 1. The Balaban J connectivity index is 1.69. The summed E-state index contributed by atoms with van der Waals surface area (Å²) < 4.78 is 0. The van der Waals surface area contributed by atoms with Gasteiger partial charge < -0.3 is 15.5 Å². The summed E-state index contributed by atoms with van der Waals surface area (Å²) in [6.07, 6.45) is 5.20. The molecule has 4 heteroatoms. The fourth-order valence-corrected chi connectivity index (χ4v) is 3.36. The Kier molecular flexibility index (Phi) is 6.30. The molecule has 0 aliphatic carbocycles. The lowest BCUT2D eigenvalue weighted by Crippen LogP contribution is -2.44. The zero-order valence-electron chi connectivity index (χ0n) is 13.2. The number of nitrogens with one attached hydrogen (secondary N) is 2. The van der Waals surface area contributed by atoms with Gasteiger partial charge in [-0.1, -0.05) is 13.8 Å². The zero-order chi connectivity index (χ0) is 14.4. The molecule has 1 unspecified atom stereocenters. The second kappa shape index (κ2) is 7.99. The van der Waals surface area contributed by atoms with Gasteiger partial charge in [-0.3, -0.25) is 4.79 Å². The van der Waals surface area contributed by atoms with Gasteiger partial charge in [-0.2, -0.15) is 0 Å². The lowest BCUT2D eigenvalue weighted by atomic mass is 9.93. The van der Waals surface area contributed by atoms with Crippen LogP contribution >= 0.6 is 0 Å². The predicted molar refractivity (Wildman–Crippen MR) is 82.6 cm³/mol. The number of piperidine rings is 2. The van der Waals surface area contributed by atoms with Gasteiger partial charge in [0.05, 0.1) is 0 Å². The van der Waals surface area contributed by atoms with Crippen molar-refractivity contribution in [2.45, 2.75) is 39.5 Å². The molecule has 20 heavy (non-hydrogen) atoms. The van der Waals surface area contributed by atoms with Crippen molar-refractivity contribution in [3.8, 4) is 0 Å². The SMILES string of the molecule is CC(C)C(=O)NCC1CCCN(CC2CCNCC2)C1. The van der Waals surface area contributed by atoms with Crippen LogP contribution in [0.2, 0.25) is 0 Å². The molecule has 2 fully saturated rings. The molecule has 0 bridgehead atoms. The molecular formula is C16H31N3O. The number of nitrogens with zero attached hydrogens (tertiary/aromatic N) is 1.